The fraction of sp³-hybridized carbons (Fsp3) is 0.192. The van der Waals surface area contributed by atoms with Crippen LogP contribution in [0.4, 0.5) is 5.69 Å². The van der Waals surface area contributed by atoms with Crippen LogP contribution in [-0.4, -0.2) is 59.8 Å². The van der Waals surface area contributed by atoms with E-state index in [0.29, 0.717) is 34.1 Å². The fourth-order valence-corrected chi connectivity index (χ4v) is 3.59. The van der Waals surface area contributed by atoms with Crippen LogP contribution in [0.1, 0.15) is 27.8 Å². The highest BCUT2D eigenvalue weighted by Crippen LogP contribution is 2.32. The summed E-state index contributed by atoms with van der Waals surface area (Å²) in [4.78, 5) is 40.8. The van der Waals surface area contributed by atoms with Crippen LogP contribution < -0.4 is 20.1 Å². The first-order valence-corrected chi connectivity index (χ1v) is 11.4. The third kappa shape index (κ3) is 5.67. The largest absolute Gasteiger partial charge is 0.493 e. The Morgan fingerprint density at radius 3 is 2.38 bits per heavy atom. The quantitative estimate of drug-likeness (QED) is 0.333. The molecule has 0 aliphatic rings. The lowest BCUT2D eigenvalue weighted by atomic mass is 10.1. The number of hydrogen-bond acceptors (Lipinski definition) is 8. The van der Waals surface area contributed by atoms with E-state index >= 15 is 0 Å². The highest BCUT2D eigenvalue weighted by molar-refractivity contribution is 6.04. The van der Waals surface area contributed by atoms with Crippen molar-refractivity contribution in [1.82, 2.24) is 19.9 Å². The molecule has 2 amide bonds. The number of benzene rings is 2. The summed E-state index contributed by atoms with van der Waals surface area (Å²) in [6, 6.07) is 15.1. The number of nitrogens with zero attached hydrogens (tertiary/aromatic N) is 3. The van der Waals surface area contributed by atoms with Crippen LogP contribution in [0.15, 0.2) is 60.8 Å². The third-order valence-corrected chi connectivity index (χ3v) is 5.37. The summed E-state index contributed by atoms with van der Waals surface area (Å²) in [5.74, 6) is -0.230. The minimum absolute atomic E-state index is 0.164. The van der Waals surface area contributed by atoms with Crippen LogP contribution in [0.25, 0.3) is 16.9 Å². The summed E-state index contributed by atoms with van der Waals surface area (Å²) < 4.78 is 17.1. The predicted octanol–water partition coefficient (Wildman–Crippen LogP) is 2.96. The molecule has 11 nitrogen and oxygen atoms in total. The number of methoxy groups -OCH3 is 2. The van der Waals surface area contributed by atoms with Gasteiger partial charge in [-0.15, -0.1) is 0 Å². The number of carbonyl (C=O) groups is 3. The second-order valence-electron chi connectivity index (χ2n) is 7.72. The Labute approximate surface area is 212 Å². The van der Waals surface area contributed by atoms with Gasteiger partial charge in [-0.25, -0.2) is 9.50 Å². The van der Waals surface area contributed by atoms with E-state index in [4.69, 9.17) is 14.2 Å². The van der Waals surface area contributed by atoms with Crippen molar-refractivity contribution in [1.29, 1.82) is 0 Å². The molecule has 0 unspecified atom stereocenters. The van der Waals surface area contributed by atoms with Crippen molar-refractivity contribution in [2.45, 2.75) is 6.92 Å². The first-order chi connectivity index (χ1) is 17.9. The zero-order valence-corrected chi connectivity index (χ0v) is 20.5. The van der Waals surface area contributed by atoms with Gasteiger partial charge in [-0.1, -0.05) is 0 Å². The number of aromatic nitrogens is 3. The average Bonchev–Trinajstić information content (AvgIpc) is 3.37. The van der Waals surface area contributed by atoms with Crippen LogP contribution >= 0.6 is 0 Å². The van der Waals surface area contributed by atoms with Crippen LogP contribution in [0.3, 0.4) is 0 Å². The molecule has 11 heteroatoms. The first kappa shape index (κ1) is 25.2. The highest BCUT2D eigenvalue weighted by Gasteiger charge is 2.16. The Morgan fingerprint density at radius 1 is 0.919 bits per heavy atom. The van der Waals surface area contributed by atoms with Crippen LogP contribution in [0.5, 0.6) is 11.5 Å². The number of ether oxygens (including phenoxy) is 3. The SMILES string of the molecule is CCOC(=O)CNC(=O)c1ccc(NC(=O)c2cc3nccc(-c4ccc(OC)c(OC)c4)n3n2)cc1. The van der Waals surface area contributed by atoms with Crippen LogP contribution in [-0.2, 0) is 9.53 Å². The summed E-state index contributed by atoms with van der Waals surface area (Å²) in [5, 5.41) is 9.69. The van der Waals surface area contributed by atoms with Gasteiger partial charge in [0.2, 0.25) is 0 Å². The first-order valence-electron chi connectivity index (χ1n) is 11.4. The van der Waals surface area contributed by atoms with Gasteiger partial charge in [-0.05, 0) is 55.5 Å². The minimum atomic E-state index is -0.518. The molecule has 37 heavy (non-hydrogen) atoms. The van der Waals surface area contributed by atoms with Gasteiger partial charge >= 0.3 is 5.97 Å². The van der Waals surface area contributed by atoms with Gasteiger partial charge in [0.25, 0.3) is 11.8 Å². The summed E-state index contributed by atoms with van der Waals surface area (Å²) in [5.41, 5.74) is 2.97. The number of hydrogen-bond donors (Lipinski definition) is 2. The average molecular weight is 504 g/mol. The Balaban J connectivity index is 1.49. The van der Waals surface area contributed by atoms with Gasteiger partial charge in [0, 0.05) is 29.1 Å². The lowest BCUT2D eigenvalue weighted by molar-refractivity contribution is -0.141. The number of rotatable bonds is 9. The van der Waals surface area contributed by atoms with Crippen molar-refractivity contribution in [3.63, 3.8) is 0 Å². The fourth-order valence-electron chi connectivity index (χ4n) is 3.59. The molecule has 0 bridgehead atoms. The van der Waals surface area contributed by atoms with Crippen molar-refractivity contribution >= 4 is 29.1 Å². The van der Waals surface area contributed by atoms with E-state index in [9.17, 15) is 14.4 Å². The van der Waals surface area contributed by atoms with Crippen LogP contribution in [0.2, 0.25) is 0 Å². The van der Waals surface area contributed by atoms with Crippen molar-refractivity contribution in [3.8, 4) is 22.8 Å². The van der Waals surface area contributed by atoms with E-state index in [0.717, 1.165) is 5.56 Å². The molecule has 190 valence electrons. The number of anilines is 1. The molecule has 0 saturated carbocycles. The molecule has 0 radical (unpaired) electrons. The van der Waals surface area contributed by atoms with Gasteiger partial charge in [0.15, 0.2) is 22.8 Å². The number of amides is 2. The molecule has 0 atom stereocenters. The minimum Gasteiger partial charge on any atom is -0.493 e. The Kier molecular flexibility index (Phi) is 7.62. The molecule has 0 aliphatic heterocycles. The van der Waals surface area contributed by atoms with Crippen molar-refractivity contribution in [3.05, 3.63) is 72.1 Å². The molecular formula is C26H25N5O6. The van der Waals surface area contributed by atoms with E-state index in [1.807, 2.05) is 12.1 Å². The summed E-state index contributed by atoms with van der Waals surface area (Å²) >= 11 is 0. The Hall–Kier alpha value is -4.93. The van der Waals surface area contributed by atoms with E-state index in [-0.39, 0.29) is 18.8 Å². The van der Waals surface area contributed by atoms with Gasteiger partial charge in [-0.3, -0.25) is 14.4 Å². The maximum absolute atomic E-state index is 12.9. The molecule has 0 fully saturated rings. The zero-order valence-electron chi connectivity index (χ0n) is 20.5. The molecule has 0 spiro atoms. The van der Waals surface area contributed by atoms with E-state index in [1.165, 1.54) is 12.1 Å². The molecule has 2 N–H and O–H groups in total. The predicted molar refractivity (Wildman–Crippen MR) is 135 cm³/mol. The highest BCUT2D eigenvalue weighted by atomic mass is 16.5. The maximum atomic E-state index is 12.9. The molecule has 0 saturated heterocycles. The lowest BCUT2D eigenvalue weighted by Gasteiger charge is -2.10. The molecule has 4 rings (SSSR count). The van der Waals surface area contributed by atoms with E-state index < -0.39 is 17.8 Å². The van der Waals surface area contributed by atoms with Crippen molar-refractivity contribution in [2.75, 3.05) is 32.7 Å². The second-order valence-corrected chi connectivity index (χ2v) is 7.72. The molecule has 2 aromatic carbocycles. The number of esters is 1. The van der Waals surface area contributed by atoms with Gasteiger partial charge in [0.05, 0.1) is 26.5 Å². The molecular weight excluding hydrogens is 478 g/mol. The lowest BCUT2D eigenvalue weighted by Crippen LogP contribution is -2.30. The molecule has 2 aromatic heterocycles. The van der Waals surface area contributed by atoms with Crippen molar-refractivity contribution in [2.24, 2.45) is 0 Å². The summed E-state index contributed by atoms with van der Waals surface area (Å²) in [6.07, 6.45) is 1.64. The van der Waals surface area contributed by atoms with Gasteiger partial charge in [-0.2, -0.15) is 5.10 Å². The normalized spacial score (nSPS) is 10.6. The second kappa shape index (κ2) is 11.2. The van der Waals surface area contributed by atoms with E-state index in [2.05, 4.69) is 20.7 Å². The number of nitrogens with one attached hydrogen (secondary N) is 2. The smallest absolute Gasteiger partial charge is 0.325 e. The Bertz CT molecular complexity index is 1450. The van der Waals surface area contributed by atoms with Gasteiger partial charge in [0.1, 0.15) is 6.54 Å². The summed E-state index contributed by atoms with van der Waals surface area (Å²) in [7, 11) is 3.12. The number of fused-ring (bicyclic) bond motifs is 1. The molecule has 2 heterocycles. The molecule has 0 aliphatic carbocycles. The van der Waals surface area contributed by atoms with Gasteiger partial charge < -0.3 is 24.8 Å². The standard InChI is InChI=1S/C26H25N5O6/c1-4-37-24(32)15-28-25(33)16-5-8-18(9-6-16)29-26(34)19-14-23-27-12-11-20(31(23)30-19)17-7-10-21(35-2)22(13-17)36-3/h5-14H,4,15H2,1-3H3,(H,28,33)(H,29,34). The zero-order chi connectivity index (χ0) is 26.4. The monoisotopic (exact) mass is 503 g/mol. The van der Waals surface area contributed by atoms with Crippen LogP contribution in [0, 0.1) is 0 Å². The number of carbonyl (C=O) groups excluding carboxylic acids is 3. The summed E-state index contributed by atoms with van der Waals surface area (Å²) in [6.45, 7) is 1.70. The maximum Gasteiger partial charge on any atom is 0.325 e. The Morgan fingerprint density at radius 2 is 1.68 bits per heavy atom. The van der Waals surface area contributed by atoms with Crippen molar-refractivity contribution < 1.29 is 28.6 Å². The molecule has 4 aromatic rings. The topological polar surface area (TPSA) is 133 Å². The third-order valence-electron chi connectivity index (χ3n) is 5.37. The van der Waals surface area contributed by atoms with E-state index in [1.54, 1.807) is 62.2 Å².